The van der Waals surface area contributed by atoms with Crippen LogP contribution in [0.25, 0.3) is 0 Å². The van der Waals surface area contributed by atoms with Crippen LogP contribution in [0.3, 0.4) is 0 Å². The number of nitrogens with zero attached hydrogens (tertiary/aromatic N) is 1. The SMILES string of the molecule is CSCC1(C)CC(Cl)=NO1. The topological polar surface area (TPSA) is 21.6 Å². The van der Waals surface area contributed by atoms with Crippen molar-refractivity contribution in [1.29, 1.82) is 0 Å². The molecule has 0 saturated carbocycles. The van der Waals surface area contributed by atoms with Crippen LogP contribution in [0.5, 0.6) is 0 Å². The fraction of sp³-hybridized carbons (Fsp3) is 0.833. The molecule has 0 spiro atoms. The zero-order valence-electron chi connectivity index (χ0n) is 6.06. The Bertz CT molecular complexity index is 162. The van der Waals surface area contributed by atoms with Crippen LogP contribution >= 0.6 is 23.4 Å². The zero-order valence-corrected chi connectivity index (χ0v) is 7.63. The lowest BCUT2D eigenvalue weighted by Gasteiger charge is -2.18. The van der Waals surface area contributed by atoms with Gasteiger partial charge in [0.25, 0.3) is 0 Å². The van der Waals surface area contributed by atoms with Gasteiger partial charge in [0, 0.05) is 12.2 Å². The van der Waals surface area contributed by atoms with Crippen LogP contribution in [0.2, 0.25) is 0 Å². The maximum absolute atomic E-state index is 5.65. The highest BCUT2D eigenvalue weighted by Gasteiger charge is 2.32. The van der Waals surface area contributed by atoms with E-state index in [4.69, 9.17) is 16.4 Å². The van der Waals surface area contributed by atoms with E-state index in [0.717, 1.165) is 12.2 Å². The third-order valence-electron chi connectivity index (χ3n) is 1.33. The van der Waals surface area contributed by atoms with Crippen molar-refractivity contribution in [1.82, 2.24) is 0 Å². The summed E-state index contributed by atoms with van der Waals surface area (Å²) in [6.07, 6.45) is 2.79. The third-order valence-corrected chi connectivity index (χ3v) is 2.44. The molecule has 0 aromatic rings. The molecule has 0 saturated heterocycles. The van der Waals surface area contributed by atoms with Crippen LogP contribution in [-0.2, 0) is 4.84 Å². The predicted octanol–water partition coefficient (Wildman–Crippen LogP) is 2.08. The summed E-state index contributed by atoms with van der Waals surface area (Å²) in [4.78, 5) is 5.13. The van der Waals surface area contributed by atoms with Crippen molar-refractivity contribution >= 4 is 28.5 Å². The second-order valence-electron chi connectivity index (χ2n) is 2.62. The van der Waals surface area contributed by atoms with E-state index in [1.807, 2.05) is 13.2 Å². The van der Waals surface area contributed by atoms with Gasteiger partial charge in [-0.1, -0.05) is 16.8 Å². The maximum atomic E-state index is 5.65. The highest BCUT2D eigenvalue weighted by atomic mass is 35.5. The van der Waals surface area contributed by atoms with E-state index < -0.39 is 0 Å². The first-order valence-corrected chi connectivity index (χ1v) is 4.83. The summed E-state index contributed by atoms with van der Waals surface area (Å²) in [6, 6.07) is 0. The summed E-state index contributed by atoms with van der Waals surface area (Å²) in [5.74, 6) is 0.937. The molecule has 0 amide bonds. The van der Waals surface area contributed by atoms with E-state index >= 15 is 0 Å². The van der Waals surface area contributed by atoms with Gasteiger partial charge in [0.2, 0.25) is 0 Å². The van der Waals surface area contributed by atoms with Crippen molar-refractivity contribution in [3.8, 4) is 0 Å². The highest BCUT2D eigenvalue weighted by Crippen LogP contribution is 2.27. The zero-order chi connectivity index (χ0) is 7.61. The van der Waals surface area contributed by atoms with Crippen molar-refractivity contribution in [2.45, 2.75) is 18.9 Å². The molecular formula is C6H10ClNOS. The molecule has 0 radical (unpaired) electrons. The van der Waals surface area contributed by atoms with Gasteiger partial charge in [0.05, 0.1) is 0 Å². The van der Waals surface area contributed by atoms with Crippen molar-refractivity contribution in [3.63, 3.8) is 0 Å². The van der Waals surface area contributed by atoms with E-state index in [-0.39, 0.29) is 5.60 Å². The molecule has 1 heterocycles. The van der Waals surface area contributed by atoms with Gasteiger partial charge in [-0.25, -0.2) is 0 Å². The van der Waals surface area contributed by atoms with Gasteiger partial charge in [-0.05, 0) is 13.2 Å². The molecule has 1 rings (SSSR count). The van der Waals surface area contributed by atoms with E-state index in [0.29, 0.717) is 5.17 Å². The highest BCUT2D eigenvalue weighted by molar-refractivity contribution is 7.98. The van der Waals surface area contributed by atoms with Crippen LogP contribution in [0.4, 0.5) is 0 Å². The fourth-order valence-corrected chi connectivity index (χ4v) is 2.00. The molecule has 0 fully saturated rings. The number of hydrogen-bond donors (Lipinski definition) is 0. The van der Waals surface area contributed by atoms with Crippen LogP contribution in [0.1, 0.15) is 13.3 Å². The summed E-state index contributed by atoms with van der Waals surface area (Å²) >= 11 is 7.39. The molecule has 0 bridgehead atoms. The Hall–Kier alpha value is 0.110. The van der Waals surface area contributed by atoms with Crippen LogP contribution in [-0.4, -0.2) is 22.8 Å². The number of rotatable bonds is 2. The first-order valence-electron chi connectivity index (χ1n) is 3.06. The second-order valence-corrected chi connectivity index (χ2v) is 3.92. The van der Waals surface area contributed by atoms with Gasteiger partial charge < -0.3 is 4.84 Å². The van der Waals surface area contributed by atoms with Gasteiger partial charge in [-0.2, -0.15) is 11.8 Å². The summed E-state index contributed by atoms with van der Waals surface area (Å²) in [5.41, 5.74) is -0.156. The van der Waals surface area contributed by atoms with Crippen molar-refractivity contribution in [3.05, 3.63) is 0 Å². The Balaban J connectivity index is 2.44. The molecule has 1 unspecified atom stereocenters. The molecule has 10 heavy (non-hydrogen) atoms. The normalized spacial score (nSPS) is 31.7. The first-order chi connectivity index (χ1) is 4.66. The van der Waals surface area contributed by atoms with E-state index in [1.165, 1.54) is 0 Å². The minimum atomic E-state index is -0.156. The molecule has 0 aliphatic carbocycles. The van der Waals surface area contributed by atoms with Crippen molar-refractivity contribution < 1.29 is 4.84 Å². The van der Waals surface area contributed by atoms with E-state index in [2.05, 4.69) is 5.16 Å². The average molecular weight is 180 g/mol. The predicted molar refractivity (Wildman–Crippen MR) is 45.8 cm³/mol. The molecule has 0 N–H and O–H groups in total. The Labute approximate surface area is 69.9 Å². The number of halogens is 1. The Kier molecular flexibility index (Phi) is 2.47. The third kappa shape index (κ3) is 1.80. The molecule has 4 heteroatoms. The minimum Gasteiger partial charge on any atom is -0.387 e. The monoisotopic (exact) mass is 179 g/mol. The van der Waals surface area contributed by atoms with Crippen LogP contribution in [0.15, 0.2) is 5.16 Å². The molecule has 58 valence electrons. The molecule has 1 atom stereocenters. The molecule has 0 aromatic heterocycles. The van der Waals surface area contributed by atoms with Crippen LogP contribution < -0.4 is 0 Å². The standard InChI is InChI=1S/C6H10ClNOS/c1-6(4-10-2)3-5(7)8-9-6/h3-4H2,1-2H3. The second kappa shape index (κ2) is 3.01. The number of thioether (sulfide) groups is 1. The van der Waals surface area contributed by atoms with E-state index in [1.54, 1.807) is 11.8 Å². The fourth-order valence-electron chi connectivity index (χ4n) is 0.916. The van der Waals surface area contributed by atoms with Gasteiger partial charge in [0.15, 0.2) is 5.60 Å². The maximum Gasteiger partial charge on any atom is 0.150 e. The quantitative estimate of drug-likeness (QED) is 0.648. The average Bonchev–Trinajstić information content (AvgIpc) is 2.12. The summed E-state index contributed by atoms with van der Waals surface area (Å²) in [6.45, 7) is 2.02. The smallest absolute Gasteiger partial charge is 0.150 e. The summed E-state index contributed by atoms with van der Waals surface area (Å²) < 4.78 is 0. The molecular weight excluding hydrogens is 170 g/mol. The lowest BCUT2D eigenvalue weighted by atomic mass is 10.1. The number of hydrogen-bond acceptors (Lipinski definition) is 3. The first kappa shape index (κ1) is 8.21. The molecule has 2 nitrogen and oxygen atoms in total. The Morgan fingerprint density at radius 2 is 2.60 bits per heavy atom. The molecule has 1 aliphatic heterocycles. The van der Waals surface area contributed by atoms with Gasteiger partial charge in [-0.3, -0.25) is 0 Å². The summed E-state index contributed by atoms with van der Waals surface area (Å²) in [7, 11) is 0. The van der Waals surface area contributed by atoms with Gasteiger partial charge >= 0.3 is 0 Å². The summed E-state index contributed by atoms with van der Waals surface area (Å²) in [5, 5.41) is 4.26. The van der Waals surface area contributed by atoms with E-state index in [9.17, 15) is 0 Å². The molecule has 1 aliphatic rings. The number of oxime groups is 1. The molecule has 0 aromatic carbocycles. The lowest BCUT2D eigenvalue weighted by Crippen LogP contribution is -2.26. The van der Waals surface area contributed by atoms with Gasteiger partial charge in [0.1, 0.15) is 5.17 Å². The van der Waals surface area contributed by atoms with Crippen LogP contribution in [0, 0.1) is 0 Å². The minimum absolute atomic E-state index is 0.156. The largest absolute Gasteiger partial charge is 0.387 e. The lowest BCUT2D eigenvalue weighted by molar-refractivity contribution is 0.0164. The van der Waals surface area contributed by atoms with Gasteiger partial charge in [-0.15, -0.1) is 0 Å². The van der Waals surface area contributed by atoms with Crippen molar-refractivity contribution in [2.24, 2.45) is 5.16 Å². The van der Waals surface area contributed by atoms with Crippen molar-refractivity contribution in [2.75, 3.05) is 12.0 Å². The Morgan fingerprint density at radius 1 is 1.90 bits per heavy atom. The Morgan fingerprint density at radius 3 is 3.00 bits per heavy atom.